The van der Waals surface area contributed by atoms with E-state index in [1.165, 1.54) is 45.8 Å². The summed E-state index contributed by atoms with van der Waals surface area (Å²) in [5, 5.41) is 4.92. The largest absolute Gasteiger partial charge is 0.205 e. The molecule has 0 unspecified atom stereocenters. The molecule has 2 aromatic carbocycles. The Morgan fingerprint density at radius 1 is 0.950 bits per heavy atom. The van der Waals surface area contributed by atoms with Crippen LogP contribution in [-0.4, -0.2) is 0 Å². The summed E-state index contributed by atoms with van der Waals surface area (Å²) in [5.74, 6) is 0. The first kappa shape index (κ1) is 10.8. The zero-order chi connectivity index (χ0) is 14.6. The third-order valence-electron chi connectivity index (χ3n) is 4.86. The number of nitrogens with zero attached hydrogens (tertiary/aromatic N) is 1. The van der Waals surface area contributed by atoms with E-state index in [0.29, 0.717) is 6.04 Å². The molecule has 1 heterocycles. The molecule has 0 N–H and O–H groups in total. The average Bonchev–Trinajstić information content (AvgIpc) is 2.50. The smallest absolute Gasteiger partial charge is 0.185 e. The molecule has 1 heteroatoms. The summed E-state index contributed by atoms with van der Waals surface area (Å²) >= 11 is 0. The number of benzene rings is 2. The summed E-state index contributed by atoms with van der Waals surface area (Å²) in [4.78, 5) is 0. The molecule has 100 valence electrons. The number of fused-ring (bicyclic) bond motifs is 5. The van der Waals surface area contributed by atoms with E-state index in [1.54, 1.807) is 0 Å². The van der Waals surface area contributed by atoms with Gasteiger partial charge in [0.05, 0.1) is 1.37 Å². The molecule has 4 rings (SSSR count). The maximum Gasteiger partial charge on any atom is 0.185 e. The summed E-state index contributed by atoms with van der Waals surface area (Å²) in [6.07, 6.45) is 6.95. The summed E-state index contributed by atoms with van der Waals surface area (Å²) in [7, 11) is 2.08. The monoisotopic (exact) mass is 264 g/mol. The lowest BCUT2D eigenvalue weighted by Gasteiger charge is -2.18. The van der Waals surface area contributed by atoms with Crippen molar-refractivity contribution in [3.05, 3.63) is 53.3 Å². The van der Waals surface area contributed by atoms with E-state index in [0.717, 1.165) is 18.2 Å². The van der Waals surface area contributed by atoms with Crippen LogP contribution in [0.4, 0.5) is 0 Å². The Hall–Kier alpha value is -1.89. The Morgan fingerprint density at radius 3 is 2.65 bits per heavy atom. The number of hydrogen-bond acceptors (Lipinski definition) is 0. The number of aromatic nitrogens is 1. The van der Waals surface area contributed by atoms with Crippen molar-refractivity contribution < 1.29 is 5.94 Å². The molecule has 0 fully saturated rings. The Kier molecular flexibility index (Phi) is 2.34. The highest BCUT2D eigenvalue weighted by molar-refractivity contribution is 6.09. The predicted molar refractivity (Wildman–Crippen MR) is 84.0 cm³/mol. The summed E-state index contributed by atoms with van der Waals surface area (Å²) in [6, 6.07) is 9.44. The van der Waals surface area contributed by atoms with Crippen LogP contribution in [0, 0.1) is 6.92 Å². The number of pyridine rings is 1. The van der Waals surface area contributed by atoms with Gasteiger partial charge in [-0.3, -0.25) is 0 Å². The van der Waals surface area contributed by atoms with Crippen molar-refractivity contribution in [1.82, 2.24) is 0 Å². The first-order valence-electron chi connectivity index (χ1n) is 8.00. The van der Waals surface area contributed by atoms with Gasteiger partial charge in [-0.1, -0.05) is 18.2 Å². The van der Waals surface area contributed by atoms with Crippen LogP contribution in [0.2, 0.25) is 0 Å². The van der Waals surface area contributed by atoms with Crippen LogP contribution in [-0.2, 0) is 19.9 Å². The van der Waals surface area contributed by atoms with Gasteiger partial charge in [0.25, 0.3) is 0 Å². The maximum absolute atomic E-state index is 8.50. The van der Waals surface area contributed by atoms with Gasteiger partial charge in [0, 0.05) is 23.8 Å². The van der Waals surface area contributed by atoms with E-state index in [2.05, 4.69) is 49.0 Å². The second-order valence-corrected chi connectivity index (χ2v) is 5.96. The van der Waals surface area contributed by atoms with E-state index < -0.39 is 0 Å². The van der Waals surface area contributed by atoms with Gasteiger partial charge in [-0.25, -0.2) is 4.57 Å². The molecule has 0 saturated carbocycles. The van der Waals surface area contributed by atoms with Gasteiger partial charge >= 0.3 is 0 Å². The molecule has 1 aliphatic rings. The molecule has 0 radical (unpaired) electrons. The third-order valence-corrected chi connectivity index (χ3v) is 4.86. The molecule has 1 aromatic heterocycles. The Bertz CT molecular complexity index is 880. The lowest BCUT2D eigenvalue weighted by molar-refractivity contribution is -0.676. The molecule has 0 saturated heterocycles. The van der Waals surface area contributed by atoms with Crippen LogP contribution in [0.5, 0.6) is 0 Å². The molecule has 3 aromatic rings. The fourth-order valence-electron chi connectivity index (χ4n) is 3.56. The summed E-state index contributed by atoms with van der Waals surface area (Å²) < 4.78 is 10.7. The molecule has 0 aliphatic heterocycles. The predicted octanol–water partition coefficient (Wildman–Crippen LogP) is 4.00. The number of rotatable bonds is 0. The Labute approximate surface area is 121 Å². The lowest BCUT2D eigenvalue weighted by atomic mass is 9.86. The highest BCUT2D eigenvalue weighted by Gasteiger charge is 2.15. The normalized spacial score (nSPS) is 15.4. The molecule has 1 aliphatic carbocycles. The van der Waals surface area contributed by atoms with Gasteiger partial charge in [0.15, 0.2) is 11.9 Å². The minimum Gasteiger partial charge on any atom is -0.205 e. The van der Waals surface area contributed by atoms with E-state index in [9.17, 15) is 0 Å². The van der Waals surface area contributed by atoms with Crippen molar-refractivity contribution in [2.45, 2.75) is 32.6 Å². The molecule has 0 spiro atoms. The van der Waals surface area contributed by atoms with Gasteiger partial charge in [-0.15, -0.1) is 0 Å². The Balaban J connectivity index is 2.19. The van der Waals surface area contributed by atoms with Gasteiger partial charge in [-0.05, 0) is 53.6 Å². The highest BCUT2D eigenvalue weighted by Crippen LogP contribution is 2.33. The maximum atomic E-state index is 8.50. The lowest BCUT2D eigenvalue weighted by Crippen LogP contribution is -2.31. The van der Waals surface area contributed by atoms with Crippen LogP contribution in [0.3, 0.4) is 0 Å². The van der Waals surface area contributed by atoms with Gasteiger partial charge in [0.2, 0.25) is 0 Å². The molecule has 20 heavy (non-hydrogen) atoms. The molecule has 1 nitrogen and oxygen atoms in total. The van der Waals surface area contributed by atoms with Crippen LogP contribution in [0.15, 0.2) is 36.5 Å². The zero-order valence-corrected chi connectivity index (χ0v) is 12.2. The van der Waals surface area contributed by atoms with Crippen molar-refractivity contribution in [2.24, 2.45) is 7.05 Å². The standard InChI is InChI=1S/C19H20N/c1-13-15-9-10-17-16-6-4-3-5-14(16)7-8-18(17)19(15)11-12-20(13)2/h7-12H,3-6H2,1-2H3/q+1/i8T. The molecule has 0 bridgehead atoms. The summed E-state index contributed by atoms with van der Waals surface area (Å²) in [6.45, 7) is 2.15. The van der Waals surface area contributed by atoms with Crippen LogP contribution < -0.4 is 4.57 Å². The topological polar surface area (TPSA) is 3.88 Å². The number of hydrogen-bond donors (Lipinski definition) is 0. The molecular formula is C19H20N+. The van der Waals surface area contributed by atoms with E-state index in [1.807, 2.05) is 0 Å². The van der Waals surface area contributed by atoms with Crippen molar-refractivity contribution in [3.8, 4) is 0 Å². The molecular weight excluding hydrogens is 242 g/mol. The SMILES string of the molecule is [3H]c1cc2c(c3ccc4c(C)[n+](C)ccc4c13)CCCC2. The van der Waals surface area contributed by atoms with E-state index in [4.69, 9.17) is 1.37 Å². The minimum absolute atomic E-state index is 0.685. The minimum atomic E-state index is 0.685. The molecule has 0 atom stereocenters. The second-order valence-electron chi connectivity index (χ2n) is 5.96. The van der Waals surface area contributed by atoms with Crippen molar-refractivity contribution in [2.75, 3.05) is 0 Å². The van der Waals surface area contributed by atoms with Gasteiger partial charge in [0.1, 0.15) is 7.05 Å². The van der Waals surface area contributed by atoms with Crippen molar-refractivity contribution in [1.29, 1.82) is 0 Å². The average molecular weight is 264 g/mol. The summed E-state index contributed by atoms with van der Waals surface area (Å²) in [5.41, 5.74) is 4.14. The highest BCUT2D eigenvalue weighted by atomic mass is 14.9. The first-order chi connectivity index (χ1) is 10.2. The van der Waals surface area contributed by atoms with Crippen LogP contribution >= 0.6 is 0 Å². The number of aryl methyl sites for hydroxylation is 4. The van der Waals surface area contributed by atoms with Crippen molar-refractivity contribution >= 4 is 21.5 Å². The van der Waals surface area contributed by atoms with Crippen molar-refractivity contribution in [3.63, 3.8) is 0 Å². The van der Waals surface area contributed by atoms with Gasteiger partial charge < -0.3 is 0 Å². The first-order valence-corrected chi connectivity index (χ1v) is 7.50. The quantitative estimate of drug-likeness (QED) is 0.427. The van der Waals surface area contributed by atoms with E-state index >= 15 is 0 Å². The van der Waals surface area contributed by atoms with Crippen LogP contribution in [0.1, 0.15) is 31.0 Å². The third kappa shape index (κ3) is 1.59. The van der Waals surface area contributed by atoms with Gasteiger partial charge in [-0.2, -0.15) is 0 Å². The van der Waals surface area contributed by atoms with Crippen LogP contribution in [0.25, 0.3) is 21.5 Å². The fourth-order valence-corrected chi connectivity index (χ4v) is 3.56. The molecule has 0 amide bonds. The zero-order valence-electron chi connectivity index (χ0n) is 13.2. The fraction of sp³-hybridized carbons (Fsp3) is 0.316. The van der Waals surface area contributed by atoms with E-state index in [-0.39, 0.29) is 0 Å². The Morgan fingerprint density at radius 2 is 1.75 bits per heavy atom. The second kappa shape index (κ2) is 4.31.